The quantitative estimate of drug-likeness (QED) is 0.837. The number of hydrogen-bond donors (Lipinski definition) is 0. The van der Waals surface area contributed by atoms with Crippen LogP contribution in [0.5, 0.6) is 0 Å². The van der Waals surface area contributed by atoms with Crippen molar-refractivity contribution < 1.29 is 4.79 Å². The molecule has 1 fully saturated rings. The first kappa shape index (κ1) is 15.0. The molecular weight excluding hydrogens is 300 g/mol. The molecule has 0 saturated carbocycles. The lowest BCUT2D eigenvalue weighted by atomic mass is 9.96. The van der Waals surface area contributed by atoms with Crippen LogP contribution in [0.3, 0.4) is 0 Å². The van der Waals surface area contributed by atoms with Gasteiger partial charge in [0.2, 0.25) is 11.0 Å². The van der Waals surface area contributed by atoms with Crippen LogP contribution in [-0.2, 0) is 17.3 Å². The molecule has 2 aromatic rings. The van der Waals surface area contributed by atoms with Crippen LogP contribution in [0.25, 0.3) is 0 Å². The summed E-state index contributed by atoms with van der Waals surface area (Å²) in [5, 5.41) is 4.95. The highest BCUT2D eigenvalue weighted by Crippen LogP contribution is 2.27. The summed E-state index contributed by atoms with van der Waals surface area (Å²) in [5.74, 6) is 0.890. The summed E-state index contributed by atoms with van der Waals surface area (Å²) in [6.45, 7) is 7.97. The predicted octanol–water partition coefficient (Wildman–Crippen LogP) is 1.42. The molecule has 1 amide bonds. The monoisotopic (exact) mass is 320 g/mol. The van der Waals surface area contributed by atoms with Crippen LogP contribution in [-0.4, -0.2) is 44.7 Å². The van der Waals surface area contributed by atoms with Crippen LogP contribution in [0.4, 0.5) is 10.8 Å². The van der Waals surface area contributed by atoms with E-state index in [2.05, 4.69) is 35.2 Å². The second-order valence-electron chi connectivity index (χ2n) is 6.49. The Morgan fingerprint density at radius 2 is 2.05 bits per heavy atom. The standard InChI is InChI=1S/C14H20N6OS/c1-14(2,3)12-16-13(22-17-12)19-5-6-20(11(21)9-19)10-7-15-18(4)8-10/h7-8H,5-6,9H2,1-4H3. The number of carbonyl (C=O) groups excluding carboxylic acids is 1. The molecule has 3 heterocycles. The minimum absolute atomic E-state index is 0.0618. The van der Waals surface area contributed by atoms with Crippen LogP contribution in [0.1, 0.15) is 26.6 Å². The average Bonchev–Trinajstić information content (AvgIpc) is 3.06. The SMILES string of the molecule is Cn1cc(N2CCN(c3nc(C(C)(C)C)ns3)CC2=O)cn1. The number of rotatable bonds is 2. The highest BCUT2D eigenvalue weighted by atomic mass is 32.1. The van der Waals surface area contributed by atoms with E-state index >= 15 is 0 Å². The Kier molecular flexibility index (Phi) is 3.64. The molecule has 0 atom stereocenters. The number of nitrogens with zero attached hydrogens (tertiary/aromatic N) is 6. The van der Waals surface area contributed by atoms with E-state index in [1.165, 1.54) is 11.5 Å². The van der Waals surface area contributed by atoms with E-state index in [-0.39, 0.29) is 11.3 Å². The van der Waals surface area contributed by atoms with E-state index < -0.39 is 0 Å². The van der Waals surface area contributed by atoms with E-state index in [0.29, 0.717) is 13.1 Å². The van der Waals surface area contributed by atoms with Gasteiger partial charge in [-0.25, -0.2) is 4.98 Å². The maximum atomic E-state index is 12.4. The van der Waals surface area contributed by atoms with Crippen LogP contribution in [0, 0.1) is 0 Å². The summed E-state index contributed by atoms with van der Waals surface area (Å²) in [5.41, 5.74) is 0.774. The number of aromatic nitrogens is 4. The van der Waals surface area contributed by atoms with Gasteiger partial charge in [0.05, 0.1) is 18.4 Å². The molecule has 0 spiro atoms. The summed E-state index contributed by atoms with van der Waals surface area (Å²) >= 11 is 1.36. The molecule has 3 rings (SSSR count). The summed E-state index contributed by atoms with van der Waals surface area (Å²) < 4.78 is 6.12. The van der Waals surface area contributed by atoms with Gasteiger partial charge in [-0.3, -0.25) is 9.48 Å². The molecule has 0 N–H and O–H groups in total. The van der Waals surface area contributed by atoms with Gasteiger partial charge in [-0.05, 0) is 0 Å². The van der Waals surface area contributed by atoms with Crippen molar-refractivity contribution in [2.24, 2.45) is 7.05 Å². The lowest BCUT2D eigenvalue weighted by Crippen LogP contribution is -2.50. The predicted molar refractivity (Wildman–Crippen MR) is 86.4 cm³/mol. The highest BCUT2D eigenvalue weighted by Gasteiger charge is 2.29. The van der Waals surface area contributed by atoms with Gasteiger partial charge in [0.1, 0.15) is 5.82 Å². The largest absolute Gasteiger partial charge is 0.336 e. The third-order valence-electron chi connectivity index (χ3n) is 3.58. The zero-order valence-electron chi connectivity index (χ0n) is 13.3. The molecule has 1 aliphatic heterocycles. The minimum atomic E-state index is -0.0731. The lowest BCUT2D eigenvalue weighted by molar-refractivity contribution is -0.117. The smallest absolute Gasteiger partial charge is 0.246 e. The number of aryl methyl sites for hydroxylation is 1. The van der Waals surface area contributed by atoms with Crippen molar-refractivity contribution in [1.82, 2.24) is 19.1 Å². The van der Waals surface area contributed by atoms with Gasteiger partial charge in [0.15, 0.2) is 0 Å². The summed E-state index contributed by atoms with van der Waals surface area (Å²) in [4.78, 5) is 20.8. The Balaban J connectivity index is 1.72. The molecule has 0 bridgehead atoms. The Morgan fingerprint density at radius 3 is 2.59 bits per heavy atom. The lowest BCUT2D eigenvalue weighted by Gasteiger charge is -2.33. The number of carbonyl (C=O) groups is 1. The second kappa shape index (κ2) is 5.35. The highest BCUT2D eigenvalue weighted by molar-refractivity contribution is 7.09. The first-order valence-electron chi connectivity index (χ1n) is 7.23. The van der Waals surface area contributed by atoms with Gasteiger partial charge in [0, 0.05) is 43.3 Å². The Bertz CT molecular complexity index is 686. The topological polar surface area (TPSA) is 67.2 Å². The molecule has 0 unspecified atom stereocenters. The fourth-order valence-electron chi connectivity index (χ4n) is 2.31. The summed E-state index contributed by atoms with van der Waals surface area (Å²) in [6, 6.07) is 0. The maximum absolute atomic E-state index is 12.4. The van der Waals surface area contributed by atoms with Crippen LogP contribution >= 0.6 is 11.5 Å². The number of amides is 1. The van der Waals surface area contributed by atoms with Crippen molar-refractivity contribution in [1.29, 1.82) is 0 Å². The fourth-order valence-corrected chi connectivity index (χ4v) is 3.19. The van der Waals surface area contributed by atoms with E-state index in [9.17, 15) is 4.79 Å². The third-order valence-corrected chi connectivity index (χ3v) is 4.36. The molecular formula is C14H20N6OS. The number of piperazine rings is 1. The van der Waals surface area contributed by atoms with E-state index in [1.54, 1.807) is 15.8 Å². The first-order chi connectivity index (χ1) is 10.3. The van der Waals surface area contributed by atoms with E-state index in [4.69, 9.17) is 0 Å². The van der Waals surface area contributed by atoms with Crippen molar-refractivity contribution in [2.75, 3.05) is 29.4 Å². The van der Waals surface area contributed by atoms with Gasteiger partial charge in [-0.1, -0.05) is 20.8 Å². The average molecular weight is 320 g/mol. The molecule has 0 aromatic carbocycles. The van der Waals surface area contributed by atoms with Gasteiger partial charge in [0.25, 0.3) is 0 Å². The van der Waals surface area contributed by atoms with Gasteiger partial charge in [-0.2, -0.15) is 9.47 Å². The van der Waals surface area contributed by atoms with Crippen LogP contribution in [0.15, 0.2) is 12.4 Å². The van der Waals surface area contributed by atoms with Gasteiger partial charge < -0.3 is 9.80 Å². The minimum Gasteiger partial charge on any atom is -0.336 e. The van der Waals surface area contributed by atoms with Crippen molar-refractivity contribution in [3.8, 4) is 0 Å². The van der Waals surface area contributed by atoms with Crippen LogP contribution in [0.2, 0.25) is 0 Å². The van der Waals surface area contributed by atoms with E-state index in [0.717, 1.165) is 23.2 Å². The Hall–Kier alpha value is -1.96. The normalized spacial score (nSPS) is 16.5. The van der Waals surface area contributed by atoms with Crippen LogP contribution < -0.4 is 9.80 Å². The molecule has 1 aliphatic rings. The molecule has 0 aliphatic carbocycles. The van der Waals surface area contributed by atoms with Crippen molar-refractivity contribution in [3.05, 3.63) is 18.2 Å². The zero-order valence-corrected chi connectivity index (χ0v) is 14.1. The van der Waals surface area contributed by atoms with Crippen molar-refractivity contribution in [3.63, 3.8) is 0 Å². The zero-order chi connectivity index (χ0) is 15.9. The Morgan fingerprint density at radius 1 is 1.27 bits per heavy atom. The van der Waals surface area contributed by atoms with Crippen molar-refractivity contribution in [2.45, 2.75) is 26.2 Å². The van der Waals surface area contributed by atoms with Gasteiger partial charge >= 0.3 is 0 Å². The molecule has 0 radical (unpaired) electrons. The van der Waals surface area contributed by atoms with Crippen molar-refractivity contribution >= 4 is 28.3 Å². The summed E-state index contributed by atoms with van der Waals surface area (Å²) in [7, 11) is 1.85. The second-order valence-corrected chi connectivity index (χ2v) is 7.22. The third kappa shape index (κ3) is 2.83. The molecule has 1 saturated heterocycles. The Labute approximate surface area is 133 Å². The van der Waals surface area contributed by atoms with E-state index in [1.807, 2.05) is 18.1 Å². The van der Waals surface area contributed by atoms with Gasteiger partial charge in [-0.15, -0.1) is 0 Å². The molecule has 8 heteroatoms. The number of anilines is 2. The fraction of sp³-hybridized carbons (Fsp3) is 0.571. The number of hydrogen-bond acceptors (Lipinski definition) is 6. The molecule has 118 valence electrons. The molecule has 7 nitrogen and oxygen atoms in total. The maximum Gasteiger partial charge on any atom is 0.246 e. The molecule has 2 aromatic heterocycles. The molecule has 22 heavy (non-hydrogen) atoms. The first-order valence-corrected chi connectivity index (χ1v) is 8.00. The summed E-state index contributed by atoms with van der Waals surface area (Å²) in [6.07, 6.45) is 3.58.